The Morgan fingerprint density at radius 3 is 2.88 bits per heavy atom. The van der Waals surface area contributed by atoms with Crippen LogP contribution in [0.25, 0.3) is 0 Å². The molecule has 92 valence electrons. The number of hydrogen-bond donors (Lipinski definition) is 1. The molecule has 0 aromatic heterocycles. The van der Waals surface area contributed by atoms with Crippen molar-refractivity contribution < 1.29 is 4.92 Å². The third-order valence-corrected chi connectivity index (χ3v) is 3.31. The second kappa shape index (κ2) is 4.61. The second-order valence-electron chi connectivity index (χ2n) is 4.54. The van der Waals surface area contributed by atoms with Crippen molar-refractivity contribution in [2.75, 3.05) is 17.2 Å². The zero-order valence-corrected chi connectivity index (χ0v) is 9.93. The molecule has 1 aliphatic heterocycles. The highest BCUT2D eigenvalue weighted by Crippen LogP contribution is 2.34. The van der Waals surface area contributed by atoms with Crippen molar-refractivity contribution in [3.8, 4) is 0 Å². The van der Waals surface area contributed by atoms with Crippen LogP contribution in [0.3, 0.4) is 0 Å². The van der Waals surface area contributed by atoms with E-state index in [0.717, 1.165) is 19.4 Å². The first-order chi connectivity index (χ1) is 8.09. The molecule has 17 heavy (non-hydrogen) atoms. The van der Waals surface area contributed by atoms with Gasteiger partial charge in [-0.3, -0.25) is 10.1 Å². The van der Waals surface area contributed by atoms with E-state index in [1.165, 1.54) is 12.5 Å². The van der Waals surface area contributed by atoms with Crippen LogP contribution in [0, 0.1) is 10.1 Å². The van der Waals surface area contributed by atoms with Gasteiger partial charge in [0.25, 0.3) is 5.69 Å². The molecule has 0 radical (unpaired) electrons. The normalized spacial score (nSPS) is 20.3. The molecule has 5 nitrogen and oxygen atoms in total. The van der Waals surface area contributed by atoms with Crippen molar-refractivity contribution in [3.63, 3.8) is 0 Å². The second-order valence-corrected chi connectivity index (χ2v) is 4.54. The molecule has 1 saturated heterocycles. The molecular formula is C12H17N3O2. The van der Waals surface area contributed by atoms with Gasteiger partial charge in [0, 0.05) is 24.3 Å². The largest absolute Gasteiger partial charge is 0.399 e. The molecular weight excluding hydrogens is 218 g/mol. The predicted octanol–water partition coefficient (Wildman–Crippen LogP) is 2.56. The number of rotatable bonds is 2. The van der Waals surface area contributed by atoms with E-state index >= 15 is 0 Å². The lowest BCUT2D eigenvalue weighted by atomic mass is 10.0. The molecule has 0 aliphatic carbocycles. The first-order valence-corrected chi connectivity index (χ1v) is 5.90. The Labute approximate surface area is 100 Å². The molecule has 0 unspecified atom stereocenters. The zero-order valence-electron chi connectivity index (χ0n) is 9.93. The number of piperidine rings is 1. The van der Waals surface area contributed by atoms with Crippen LogP contribution in [0.1, 0.15) is 26.2 Å². The van der Waals surface area contributed by atoms with Gasteiger partial charge in [-0.2, -0.15) is 0 Å². The van der Waals surface area contributed by atoms with Gasteiger partial charge in [-0.25, -0.2) is 0 Å². The van der Waals surface area contributed by atoms with Crippen LogP contribution < -0.4 is 10.6 Å². The van der Waals surface area contributed by atoms with Gasteiger partial charge in [-0.05, 0) is 38.3 Å². The average Bonchev–Trinajstić information content (AvgIpc) is 2.30. The van der Waals surface area contributed by atoms with Crippen molar-refractivity contribution >= 4 is 17.1 Å². The van der Waals surface area contributed by atoms with Crippen molar-refractivity contribution in [2.45, 2.75) is 32.2 Å². The standard InChI is InChI=1S/C12H17N3O2/c1-9-4-2-3-7-14(9)11-6-5-10(13)8-12(11)15(16)17/h5-6,8-9H,2-4,7,13H2,1H3/t9-/m0/s1. The first kappa shape index (κ1) is 11.7. The molecule has 1 fully saturated rings. The van der Waals surface area contributed by atoms with Gasteiger partial charge in [0.05, 0.1) is 4.92 Å². The number of anilines is 2. The fourth-order valence-corrected chi connectivity index (χ4v) is 2.39. The molecule has 0 spiro atoms. The average molecular weight is 235 g/mol. The maximum Gasteiger partial charge on any atom is 0.294 e. The highest BCUT2D eigenvalue weighted by molar-refractivity contribution is 5.68. The lowest BCUT2D eigenvalue weighted by Gasteiger charge is -2.34. The quantitative estimate of drug-likeness (QED) is 0.485. The minimum absolute atomic E-state index is 0.110. The monoisotopic (exact) mass is 235 g/mol. The SMILES string of the molecule is C[C@H]1CCCCN1c1ccc(N)cc1[N+](=O)[O-]. The van der Waals surface area contributed by atoms with E-state index in [1.807, 2.05) is 0 Å². The Kier molecular flexibility index (Phi) is 3.17. The molecule has 0 bridgehead atoms. The molecule has 2 rings (SSSR count). The topological polar surface area (TPSA) is 72.4 Å². The molecule has 2 N–H and O–H groups in total. The van der Waals surface area contributed by atoms with E-state index in [4.69, 9.17) is 5.73 Å². The molecule has 1 aliphatic rings. The van der Waals surface area contributed by atoms with Crippen LogP contribution in [-0.4, -0.2) is 17.5 Å². The van der Waals surface area contributed by atoms with Gasteiger partial charge in [0.2, 0.25) is 0 Å². The van der Waals surface area contributed by atoms with E-state index in [0.29, 0.717) is 17.4 Å². The number of nitrogens with two attached hydrogens (primary N) is 1. The summed E-state index contributed by atoms with van der Waals surface area (Å²) in [4.78, 5) is 12.8. The number of nitrogens with zero attached hydrogens (tertiary/aromatic N) is 2. The van der Waals surface area contributed by atoms with Crippen molar-refractivity contribution in [3.05, 3.63) is 28.3 Å². The lowest BCUT2D eigenvalue weighted by Crippen LogP contribution is -2.37. The highest BCUT2D eigenvalue weighted by Gasteiger charge is 2.25. The van der Waals surface area contributed by atoms with E-state index in [2.05, 4.69) is 11.8 Å². The minimum atomic E-state index is -0.354. The fourth-order valence-electron chi connectivity index (χ4n) is 2.39. The summed E-state index contributed by atoms with van der Waals surface area (Å²) in [5, 5.41) is 11.0. The van der Waals surface area contributed by atoms with Gasteiger partial charge < -0.3 is 10.6 Å². The van der Waals surface area contributed by atoms with E-state index < -0.39 is 0 Å². The smallest absolute Gasteiger partial charge is 0.294 e. The van der Waals surface area contributed by atoms with E-state index in [9.17, 15) is 10.1 Å². The maximum absolute atomic E-state index is 11.0. The van der Waals surface area contributed by atoms with Crippen LogP contribution in [0.4, 0.5) is 17.1 Å². The minimum Gasteiger partial charge on any atom is -0.399 e. The van der Waals surface area contributed by atoms with Gasteiger partial charge in [0.15, 0.2) is 0 Å². The Hall–Kier alpha value is -1.78. The molecule has 1 heterocycles. The van der Waals surface area contributed by atoms with Crippen LogP contribution in [0.15, 0.2) is 18.2 Å². The molecule has 5 heteroatoms. The van der Waals surface area contributed by atoms with Crippen molar-refractivity contribution in [1.82, 2.24) is 0 Å². The summed E-state index contributed by atoms with van der Waals surface area (Å²) < 4.78 is 0. The number of benzene rings is 1. The molecule has 1 aromatic rings. The molecule has 1 aromatic carbocycles. The fraction of sp³-hybridized carbons (Fsp3) is 0.500. The summed E-state index contributed by atoms with van der Waals surface area (Å²) in [6.45, 7) is 2.99. The first-order valence-electron chi connectivity index (χ1n) is 5.90. The Balaban J connectivity index is 2.39. The lowest BCUT2D eigenvalue weighted by molar-refractivity contribution is -0.384. The third kappa shape index (κ3) is 2.33. The summed E-state index contributed by atoms with van der Waals surface area (Å²) in [7, 11) is 0. The van der Waals surface area contributed by atoms with Crippen LogP contribution in [0.2, 0.25) is 0 Å². The Bertz CT molecular complexity index is 434. The summed E-state index contributed by atoms with van der Waals surface area (Å²) in [5.74, 6) is 0. The van der Waals surface area contributed by atoms with Crippen LogP contribution in [-0.2, 0) is 0 Å². The molecule has 1 atom stereocenters. The summed E-state index contributed by atoms with van der Waals surface area (Å²) in [5.41, 5.74) is 6.84. The van der Waals surface area contributed by atoms with Gasteiger partial charge in [-0.1, -0.05) is 0 Å². The highest BCUT2D eigenvalue weighted by atomic mass is 16.6. The number of nitro benzene ring substituents is 1. The molecule has 0 saturated carbocycles. The number of hydrogen-bond acceptors (Lipinski definition) is 4. The zero-order chi connectivity index (χ0) is 12.4. The number of nitrogen functional groups attached to an aromatic ring is 1. The summed E-state index contributed by atoms with van der Waals surface area (Å²) in [6.07, 6.45) is 3.37. The Morgan fingerprint density at radius 2 is 2.24 bits per heavy atom. The van der Waals surface area contributed by atoms with E-state index in [1.54, 1.807) is 12.1 Å². The van der Waals surface area contributed by atoms with Crippen LogP contribution in [0.5, 0.6) is 0 Å². The van der Waals surface area contributed by atoms with Crippen molar-refractivity contribution in [1.29, 1.82) is 0 Å². The maximum atomic E-state index is 11.0. The summed E-state index contributed by atoms with van der Waals surface area (Å²) in [6, 6.07) is 5.28. The van der Waals surface area contributed by atoms with Gasteiger partial charge in [0.1, 0.15) is 5.69 Å². The van der Waals surface area contributed by atoms with Crippen molar-refractivity contribution in [2.24, 2.45) is 0 Å². The van der Waals surface area contributed by atoms with E-state index in [-0.39, 0.29) is 10.6 Å². The predicted molar refractivity (Wildman–Crippen MR) is 68.2 cm³/mol. The molecule has 0 amide bonds. The summed E-state index contributed by atoms with van der Waals surface area (Å²) >= 11 is 0. The number of nitro groups is 1. The Morgan fingerprint density at radius 1 is 1.47 bits per heavy atom. The van der Waals surface area contributed by atoms with Gasteiger partial charge in [-0.15, -0.1) is 0 Å². The third-order valence-electron chi connectivity index (χ3n) is 3.31. The van der Waals surface area contributed by atoms with Gasteiger partial charge >= 0.3 is 0 Å². The van der Waals surface area contributed by atoms with Crippen LogP contribution >= 0.6 is 0 Å².